The van der Waals surface area contributed by atoms with Crippen LogP contribution in [0.5, 0.6) is 5.75 Å². The Bertz CT molecular complexity index is 1070. The van der Waals surface area contributed by atoms with Crippen molar-refractivity contribution in [2.45, 2.75) is 6.61 Å². The zero-order valence-electron chi connectivity index (χ0n) is 16.1. The highest BCUT2D eigenvalue weighted by atomic mass is 19.3. The number of hydrogen-bond donors (Lipinski definition) is 1. The van der Waals surface area contributed by atoms with Gasteiger partial charge >= 0.3 is 12.6 Å². The first-order valence-corrected chi connectivity index (χ1v) is 9.14. The normalized spacial score (nSPS) is 10.4. The largest absolute Gasteiger partial charge is 0.452 e. The quantitative estimate of drug-likeness (QED) is 0.577. The maximum absolute atomic E-state index is 12.5. The lowest BCUT2D eigenvalue weighted by Gasteiger charge is -2.10. The van der Waals surface area contributed by atoms with Crippen molar-refractivity contribution < 1.29 is 32.6 Å². The van der Waals surface area contributed by atoms with Gasteiger partial charge in [-0.3, -0.25) is 14.9 Å². The molecule has 0 aliphatic carbocycles. The van der Waals surface area contributed by atoms with Gasteiger partial charge < -0.3 is 9.47 Å². The first-order chi connectivity index (χ1) is 14.9. The van der Waals surface area contributed by atoms with Crippen molar-refractivity contribution in [3.05, 3.63) is 90.0 Å². The van der Waals surface area contributed by atoms with Gasteiger partial charge in [-0.25, -0.2) is 4.79 Å². The first-order valence-electron chi connectivity index (χ1n) is 9.14. The van der Waals surface area contributed by atoms with Crippen molar-refractivity contribution in [1.29, 1.82) is 0 Å². The summed E-state index contributed by atoms with van der Waals surface area (Å²) in [5.74, 6) is -2.43. The van der Waals surface area contributed by atoms with Crippen molar-refractivity contribution in [3.63, 3.8) is 0 Å². The van der Waals surface area contributed by atoms with Crippen LogP contribution in [0.15, 0.2) is 78.9 Å². The summed E-state index contributed by atoms with van der Waals surface area (Å²) >= 11 is 0. The maximum Gasteiger partial charge on any atom is 0.387 e. The van der Waals surface area contributed by atoms with Crippen LogP contribution in [0.3, 0.4) is 0 Å². The molecule has 0 aromatic heterocycles. The standard InChI is InChI=1S/C23H17F2NO5/c24-23(25)31-17-12-10-16(11-13-17)21(28)26-20(27)14-30-22(29)19-9-5-4-8-18(19)15-6-2-1-3-7-15/h1-13,23H,14H2,(H,26,27,28). The number of hydrogen-bond acceptors (Lipinski definition) is 5. The highest BCUT2D eigenvalue weighted by Gasteiger charge is 2.17. The van der Waals surface area contributed by atoms with Gasteiger partial charge in [0.1, 0.15) is 5.75 Å². The van der Waals surface area contributed by atoms with Gasteiger partial charge in [0.25, 0.3) is 11.8 Å². The molecular formula is C23H17F2NO5. The van der Waals surface area contributed by atoms with E-state index in [0.717, 1.165) is 5.56 Å². The Balaban J connectivity index is 1.58. The van der Waals surface area contributed by atoms with Crippen molar-refractivity contribution in [1.82, 2.24) is 5.32 Å². The van der Waals surface area contributed by atoms with E-state index in [4.69, 9.17) is 4.74 Å². The molecule has 0 saturated carbocycles. The molecule has 31 heavy (non-hydrogen) atoms. The lowest BCUT2D eigenvalue weighted by Crippen LogP contribution is -2.34. The highest BCUT2D eigenvalue weighted by Crippen LogP contribution is 2.24. The summed E-state index contributed by atoms with van der Waals surface area (Å²) in [4.78, 5) is 36.5. The molecule has 158 valence electrons. The van der Waals surface area contributed by atoms with E-state index in [9.17, 15) is 23.2 Å². The summed E-state index contributed by atoms with van der Waals surface area (Å²) in [6.07, 6.45) is 0. The van der Waals surface area contributed by atoms with E-state index in [1.54, 1.807) is 24.3 Å². The predicted octanol–water partition coefficient (Wildman–Crippen LogP) is 4.07. The molecule has 0 spiro atoms. The molecule has 2 amide bonds. The lowest BCUT2D eigenvalue weighted by atomic mass is 10.00. The molecule has 0 aliphatic rings. The molecule has 0 heterocycles. The predicted molar refractivity (Wildman–Crippen MR) is 108 cm³/mol. The molecule has 3 rings (SSSR count). The molecular weight excluding hydrogens is 408 g/mol. The number of ether oxygens (including phenoxy) is 2. The van der Waals surface area contributed by atoms with Crippen LogP contribution in [0.25, 0.3) is 11.1 Å². The second-order valence-electron chi connectivity index (χ2n) is 6.27. The van der Waals surface area contributed by atoms with Crippen LogP contribution in [-0.2, 0) is 9.53 Å². The summed E-state index contributed by atoms with van der Waals surface area (Å²) in [5, 5.41) is 2.07. The number of halogens is 2. The molecule has 8 heteroatoms. The zero-order valence-corrected chi connectivity index (χ0v) is 16.1. The fraction of sp³-hybridized carbons (Fsp3) is 0.0870. The van der Waals surface area contributed by atoms with Gasteiger partial charge in [-0.15, -0.1) is 0 Å². The minimum Gasteiger partial charge on any atom is -0.452 e. The molecule has 0 radical (unpaired) electrons. The number of rotatable bonds is 7. The second-order valence-corrected chi connectivity index (χ2v) is 6.27. The first kappa shape index (κ1) is 21.6. The number of alkyl halides is 2. The average molecular weight is 425 g/mol. The van der Waals surface area contributed by atoms with E-state index in [1.807, 2.05) is 30.3 Å². The van der Waals surface area contributed by atoms with E-state index in [0.29, 0.717) is 5.56 Å². The third-order valence-corrected chi connectivity index (χ3v) is 4.16. The Morgan fingerprint density at radius 3 is 2.16 bits per heavy atom. The van der Waals surface area contributed by atoms with Gasteiger partial charge in [0.05, 0.1) is 5.56 Å². The van der Waals surface area contributed by atoms with Crippen LogP contribution in [0, 0.1) is 0 Å². The van der Waals surface area contributed by atoms with Gasteiger partial charge in [-0.2, -0.15) is 8.78 Å². The Labute approximate surface area is 176 Å². The number of amides is 2. The smallest absolute Gasteiger partial charge is 0.387 e. The number of imide groups is 1. The Morgan fingerprint density at radius 2 is 1.48 bits per heavy atom. The zero-order chi connectivity index (χ0) is 22.2. The maximum atomic E-state index is 12.5. The van der Waals surface area contributed by atoms with Crippen LogP contribution in [-0.4, -0.2) is 31.0 Å². The summed E-state index contributed by atoms with van der Waals surface area (Å²) in [6.45, 7) is -3.65. The third-order valence-electron chi connectivity index (χ3n) is 4.16. The molecule has 1 N–H and O–H groups in total. The van der Waals surface area contributed by atoms with Crippen LogP contribution in [0.1, 0.15) is 20.7 Å². The van der Waals surface area contributed by atoms with Crippen LogP contribution in [0.2, 0.25) is 0 Å². The number of benzene rings is 3. The molecule has 0 saturated heterocycles. The summed E-state index contributed by atoms with van der Waals surface area (Å²) in [7, 11) is 0. The van der Waals surface area contributed by atoms with Gasteiger partial charge in [-0.05, 0) is 41.5 Å². The van der Waals surface area contributed by atoms with Crippen LogP contribution >= 0.6 is 0 Å². The topological polar surface area (TPSA) is 81.7 Å². The Hall–Kier alpha value is -4.07. The SMILES string of the molecule is O=C(COC(=O)c1ccccc1-c1ccccc1)NC(=O)c1ccc(OC(F)F)cc1. The molecule has 0 fully saturated rings. The fourth-order valence-electron chi connectivity index (χ4n) is 2.76. The van der Waals surface area contributed by atoms with Crippen molar-refractivity contribution >= 4 is 17.8 Å². The van der Waals surface area contributed by atoms with Crippen LogP contribution in [0.4, 0.5) is 8.78 Å². The molecule has 6 nitrogen and oxygen atoms in total. The minimum absolute atomic E-state index is 0.0516. The van der Waals surface area contributed by atoms with Gasteiger partial charge in [-0.1, -0.05) is 48.5 Å². The summed E-state index contributed by atoms with van der Waals surface area (Å²) < 4.78 is 33.6. The summed E-state index contributed by atoms with van der Waals surface area (Å²) in [6, 6.07) is 20.8. The molecule has 0 aliphatic heterocycles. The van der Waals surface area contributed by atoms with Gasteiger partial charge in [0, 0.05) is 5.56 Å². The number of nitrogens with one attached hydrogen (secondary N) is 1. The van der Waals surface area contributed by atoms with Gasteiger partial charge in [0.15, 0.2) is 6.61 Å². The van der Waals surface area contributed by atoms with Crippen LogP contribution < -0.4 is 10.1 Å². The van der Waals surface area contributed by atoms with Crippen molar-refractivity contribution in [2.24, 2.45) is 0 Å². The fourth-order valence-corrected chi connectivity index (χ4v) is 2.76. The minimum atomic E-state index is -2.98. The van der Waals surface area contributed by atoms with E-state index in [-0.39, 0.29) is 16.9 Å². The van der Waals surface area contributed by atoms with Crippen molar-refractivity contribution in [3.8, 4) is 16.9 Å². The molecule has 3 aromatic rings. The number of carbonyl (C=O) groups excluding carboxylic acids is 3. The second kappa shape index (κ2) is 10.1. The van der Waals surface area contributed by atoms with E-state index < -0.39 is 31.0 Å². The van der Waals surface area contributed by atoms with E-state index in [1.165, 1.54) is 24.3 Å². The third kappa shape index (κ3) is 5.96. The molecule has 3 aromatic carbocycles. The lowest BCUT2D eigenvalue weighted by molar-refractivity contribution is -0.123. The highest BCUT2D eigenvalue weighted by molar-refractivity contribution is 6.06. The number of carbonyl (C=O) groups is 3. The Kier molecular flexibility index (Phi) is 7.05. The monoisotopic (exact) mass is 425 g/mol. The Morgan fingerprint density at radius 1 is 0.839 bits per heavy atom. The molecule has 0 atom stereocenters. The van der Waals surface area contributed by atoms with Crippen molar-refractivity contribution in [2.75, 3.05) is 6.61 Å². The number of esters is 1. The summed E-state index contributed by atoms with van der Waals surface area (Å²) in [5.41, 5.74) is 1.79. The van der Waals surface area contributed by atoms with Gasteiger partial charge in [0.2, 0.25) is 0 Å². The molecule has 0 unspecified atom stereocenters. The average Bonchev–Trinajstić information content (AvgIpc) is 2.78. The van der Waals surface area contributed by atoms with E-state index >= 15 is 0 Å². The molecule has 0 bridgehead atoms. The van der Waals surface area contributed by atoms with E-state index in [2.05, 4.69) is 10.1 Å².